The SMILES string of the molecule is COC(C)(C=O)Cc1ccccc1. The van der Waals surface area contributed by atoms with Gasteiger partial charge in [-0.2, -0.15) is 0 Å². The van der Waals surface area contributed by atoms with Crippen molar-refractivity contribution in [2.45, 2.75) is 18.9 Å². The zero-order chi connectivity index (χ0) is 9.73. The topological polar surface area (TPSA) is 26.3 Å². The third kappa shape index (κ3) is 2.67. The van der Waals surface area contributed by atoms with Crippen molar-refractivity contribution in [2.24, 2.45) is 0 Å². The Kier molecular flexibility index (Phi) is 3.20. The predicted octanol–water partition coefficient (Wildman–Crippen LogP) is 1.83. The van der Waals surface area contributed by atoms with Gasteiger partial charge in [-0.05, 0) is 12.5 Å². The maximum absolute atomic E-state index is 10.7. The first-order valence-electron chi connectivity index (χ1n) is 4.25. The molecule has 70 valence electrons. The van der Waals surface area contributed by atoms with Gasteiger partial charge in [0.05, 0.1) is 0 Å². The Morgan fingerprint density at radius 3 is 2.46 bits per heavy atom. The molecule has 1 aromatic rings. The second-order valence-electron chi connectivity index (χ2n) is 3.30. The van der Waals surface area contributed by atoms with Crippen molar-refractivity contribution in [2.75, 3.05) is 7.11 Å². The van der Waals surface area contributed by atoms with Gasteiger partial charge in [-0.3, -0.25) is 0 Å². The van der Waals surface area contributed by atoms with Crippen LogP contribution >= 0.6 is 0 Å². The molecule has 0 radical (unpaired) electrons. The molecule has 0 fully saturated rings. The van der Waals surface area contributed by atoms with Crippen LogP contribution in [0.25, 0.3) is 0 Å². The molecule has 0 saturated heterocycles. The Labute approximate surface area is 78.5 Å². The number of aldehydes is 1. The quantitative estimate of drug-likeness (QED) is 0.657. The van der Waals surface area contributed by atoms with Gasteiger partial charge in [0.1, 0.15) is 5.60 Å². The number of ether oxygens (including phenoxy) is 1. The molecule has 2 nitrogen and oxygen atoms in total. The average molecular weight is 178 g/mol. The van der Waals surface area contributed by atoms with E-state index in [1.807, 2.05) is 30.3 Å². The second-order valence-corrected chi connectivity index (χ2v) is 3.30. The van der Waals surface area contributed by atoms with Gasteiger partial charge >= 0.3 is 0 Å². The maximum atomic E-state index is 10.7. The van der Waals surface area contributed by atoms with Crippen molar-refractivity contribution in [1.29, 1.82) is 0 Å². The Balaban J connectivity index is 2.73. The molecule has 1 aromatic carbocycles. The number of carbonyl (C=O) groups is 1. The third-order valence-electron chi connectivity index (χ3n) is 2.11. The molecule has 0 amide bonds. The van der Waals surface area contributed by atoms with Crippen LogP contribution in [0.15, 0.2) is 30.3 Å². The van der Waals surface area contributed by atoms with Gasteiger partial charge in [0.15, 0.2) is 6.29 Å². The summed E-state index contributed by atoms with van der Waals surface area (Å²) in [5.41, 5.74) is 0.417. The molecule has 0 aliphatic carbocycles. The van der Waals surface area contributed by atoms with E-state index in [2.05, 4.69) is 0 Å². The summed E-state index contributed by atoms with van der Waals surface area (Å²) >= 11 is 0. The van der Waals surface area contributed by atoms with E-state index in [0.29, 0.717) is 6.42 Å². The summed E-state index contributed by atoms with van der Waals surface area (Å²) in [4.78, 5) is 10.7. The molecular formula is C11H14O2. The Bertz CT molecular complexity index is 269. The molecule has 2 heteroatoms. The minimum absolute atomic E-state index is 0.619. The lowest BCUT2D eigenvalue weighted by Gasteiger charge is -2.20. The van der Waals surface area contributed by atoms with Gasteiger partial charge < -0.3 is 9.53 Å². The average Bonchev–Trinajstić information content (AvgIpc) is 2.19. The lowest BCUT2D eigenvalue weighted by Crippen LogP contribution is -2.31. The molecule has 1 unspecified atom stereocenters. The summed E-state index contributed by atoms with van der Waals surface area (Å²) in [5.74, 6) is 0. The standard InChI is InChI=1S/C11H14O2/c1-11(9-12,13-2)8-10-6-4-3-5-7-10/h3-7,9H,8H2,1-2H3. The molecule has 0 aliphatic heterocycles. The number of benzene rings is 1. The van der Waals surface area contributed by atoms with E-state index in [-0.39, 0.29) is 0 Å². The largest absolute Gasteiger partial charge is 0.371 e. The first-order chi connectivity index (χ1) is 6.20. The smallest absolute Gasteiger partial charge is 0.151 e. The Hall–Kier alpha value is -1.15. The summed E-state index contributed by atoms with van der Waals surface area (Å²) in [6, 6.07) is 9.84. The summed E-state index contributed by atoms with van der Waals surface area (Å²) in [6.45, 7) is 1.78. The molecule has 0 N–H and O–H groups in total. The molecular weight excluding hydrogens is 164 g/mol. The van der Waals surface area contributed by atoms with Crippen molar-refractivity contribution in [1.82, 2.24) is 0 Å². The highest BCUT2D eigenvalue weighted by molar-refractivity contribution is 5.62. The lowest BCUT2D eigenvalue weighted by atomic mass is 9.98. The molecule has 0 aromatic heterocycles. The van der Waals surface area contributed by atoms with E-state index in [4.69, 9.17) is 4.74 Å². The van der Waals surface area contributed by atoms with Crippen LogP contribution in [0.5, 0.6) is 0 Å². The molecule has 0 spiro atoms. The zero-order valence-electron chi connectivity index (χ0n) is 7.99. The fraction of sp³-hybridized carbons (Fsp3) is 0.364. The summed E-state index contributed by atoms with van der Waals surface area (Å²) in [7, 11) is 1.55. The van der Waals surface area contributed by atoms with E-state index < -0.39 is 5.60 Å². The minimum Gasteiger partial charge on any atom is -0.371 e. The van der Waals surface area contributed by atoms with Crippen LogP contribution in [0, 0.1) is 0 Å². The number of hydrogen-bond donors (Lipinski definition) is 0. The molecule has 13 heavy (non-hydrogen) atoms. The molecule has 1 rings (SSSR count). The Morgan fingerprint density at radius 1 is 1.38 bits per heavy atom. The molecule has 0 aliphatic rings. The second kappa shape index (κ2) is 4.19. The van der Waals surface area contributed by atoms with Crippen molar-refractivity contribution in [3.63, 3.8) is 0 Å². The van der Waals surface area contributed by atoms with Crippen molar-refractivity contribution in [3.8, 4) is 0 Å². The van der Waals surface area contributed by atoms with E-state index in [1.165, 1.54) is 0 Å². The highest BCUT2D eigenvalue weighted by Gasteiger charge is 2.22. The maximum Gasteiger partial charge on any atom is 0.151 e. The number of rotatable bonds is 4. The van der Waals surface area contributed by atoms with E-state index in [1.54, 1.807) is 14.0 Å². The van der Waals surface area contributed by atoms with E-state index in [9.17, 15) is 4.79 Å². The van der Waals surface area contributed by atoms with Crippen LogP contribution in [0.1, 0.15) is 12.5 Å². The van der Waals surface area contributed by atoms with E-state index >= 15 is 0 Å². The molecule has 0 saturated carbocycles. The van der Waals surface area contributed by atoms with Crippen LogP contribution in [0.2, 0.25) is 0 Å². The van der Waals surface area contributed by atoms with Gasteiger partial charge in [-0.15, -0.1) is 0 Å². The van der Waals surface area contributed by atoms with Crippen LogP contribution in [0.3, 0.4) is 0 Å². The van der Waals surface area contributed by atoms with E-state index in [0.717, 1.165) is 11.8 Å². The summed E-state index contributed by atoms with van der Waals surface area (Å²) < 4.78 is 5.12. The van der Waals surface area contributed by atoms with Crippen LogP contribution in [-0.4, -0.2) is 19.0 Å². The van der Waals surface area contributed by atoms with Gasteiger partial charge in [-0.25, -0.2) is 0 Å². The number of carbonyl (C=O) groups excluding carboxylic acids is 1. The van der Waals surface area contributed by atoms with Crippen molar-refractivity contribution >= 4 is 6.29 Å². The molecule has 0 bridgehead atoms. The van der Waals surface area contributed by atoms with Crippen LogP contribution in [0.4, 0.5) is 0 Å². The van der Waals surface area contributed by atoms with Crippen LogP contribution < -0.4 is 0 Å². The summed E-state index contributed by atoms with van der Waals surface area (Å²) in [5, 5.41) is 0. The number of hydrogen-bond acceptors (Lipinski definition) is 2. The fourth-order valence-electron chi connectivity index (χ4n) is 1.16. The summed E-state index contributed by atoms with van der Waals surface area (Å²) in [6.07, 6.45) is 1.47. The third-order valence-corrected chi connectivity index (χ3v) is 2.11. The highest BCUT2D eigenvalue weighted by Crippen LogP contribution is 2.13. The van der Waals surface area contributed by atoms with Crippen molar-refractivity contribution in [3.05, 3.63) is 35.9 Å². The van der Waals surface area contributed by atoms with Crippen molar-refractivity contribution < 1.29 is 9.53 Å². The van der Waals surface area contributed by atoms with Gasteiger partial charge in [0, 0.05) is 13.5 Å². The Morgan fingerprint density at radius 2 is 2.00 bits per heavy atom. The monoisotopic (exact) mass is 178 g/mol. The molecule has 0 heterocycles. The first-order valence-corrected chi connectivity index (χ1v) is 4.25. The number of methoxy groups -OCH3 is 1. The van der Waals surface area contributed by atoms with Gasteiger partial charge in [0.2, 0.25) is 0 Å². The fourth-order valence-corrected chi connectivity index (χ4v) is 1.16. The van der Waals surface area contributed by atoms with Crippen LogP contribution in [-0.2, 0) is 16.0 Å². The van der Waals surface area contributed by atoms with Gasteiger partial charge in [-0.1, -0.05) is 30.3 Å². The normalized spacial score (nSPS) is 14.9. The van der Waals surface area contributed by atoms with Gasteiger partial charge in [0.25, 0.3) is 0 Å². The minimum atomic E-state index is -0.693. The zero-order valence-corrected chi connectivity index (χ0v) is 7.99. The lowest BCUT2D eigenvalue weighted by molar-refractivity contribution is -0.125. The highest BCUT2D eigenvalue weighted by atomic mass is 16.5. The predicted molar refractivity (Wildman–Crippen MR) is 51.6 cm³/mol. The molecule has 1 atom stereocenters. The first kappa shape index (κ1) is 9.93.